The van der Waals surface area contributed by atoms with Crippen molar-refractivity contribution < 1.29 is 14.3 Å². The number of fused-ring (bicyclic) bond motifs is 1. The van der Waals surface area contributed by atoms with E-state index in [-0.39, 0.29) is 13.1 Å². The molecule has 9 nitrogen and oxygen atoms in total. The Bertz CT molecular complexity index is 1090. The lowest BCUT2D eigenvalue weighted by Crippen LogP contribution is -2.36. The van der Waals surface area contributed by atoms with E-state index in [0.717, 1.165) is 9.36 Å². The lowest BCUT2D eigenvalue weighted by molar-refractivity contribution is -0.117. The summed E-state index contributed by atoms with van der Waals surface area (Å²) in [5.41, 5.74) is 0.609. The van der Waals surface area contributed by atoms with Gasteiger partial charge in [0.15, 0.2) is 5.82 Å². The number of carbonyl (C=O) groups excluding carboxylic acids is 2. The van der Waals surface area contributed by atoms with E-state index in [1.165, 1.54) is 4.90 Å². The molecule has 0 fully saturated rings. The number of nitrogens with one attached hydrogen (secondary N) is 1. The molecule has 2 heterocycles. The highest BCUT2D eigenvalue weighted by Crippen LogP contribution is 2.22. The average molecular weight is 379 g/mol. The second-order valence-corrected chi connectivity index (χ2v) is 6.16. The Morgan fingerprint density at radius 3 is 2.50 bits per heavy atom. The Morgan fingerprint density at radius 2 is 1.82 bits per heavy atom. The van der Waals surface area contributed by atoms with Crippen LogP contribution in [0.3, 0.4) is 0 Å². The third-order valence-electron chi connectivity index (χ3n) is 4.38. The Labute approximate surface area is 159 Å². The average Bonchev–Trinajstić information content (AvgIpc) is 3.19. The number of carbonyl (C=O) groups is 2. The van der Waals surface area contributed by atoms with Crippen molar-refractivity contribution in [2.45, 2.75) is 13.1 Å². The molecule has 0 atom stereocenters. The molecular weight excluding hydrogens is 362 g/mol. The van der Waals surface area contributed by atoms with Gasteiger partial charge in [-0.2, -0.15) is 9.67 Å². The first kappa shape index (κ1) is 17.5. The molecule has 0 bridgehead atoms. The third kappa shape index (κ3) is 3.13. The lowest BCUT2D eigenvalue weighted by Gasteiger charge is -2.15. The van der Waals surface area contributed by atoms with Crippen LogP contribution >= 0.6 is 0 Å². The van der Waals surface area contributed by atoms with Gasteiger partial charge in [-0.15, -0.1) is 0 Å². The molecule has 1 aliphatic rings. The number of benzene rings is 2. The normalized spacial score (nSPS) is 12.8. The quantitative estimate of drug-likeness (QED) is 0.727. The summed E-state index contributed by atoms with van der Waals surface area (Å²) in [5.74, 6) is 0.520. The fourth-order valence-corrected chi connectivity index (χ4v) is 3.04. The summed E-state index contributed by atoms with van der Waals surface area (Å²) in [6.45, 7) is -0.155. The zero-order valence-electron chi connectivity index (χ0n) is 15.0. The minimum Gasteiger partial charge on any atom is -0.497 e. The van der Waals surface area contributed by atoms with E-state index in [0.29, 0.717) is 22.9 Å². The standard InChI is InChI=1S/C19H17N5O4/c1-28-15-9-7-13(8-10-15)20-17(25)12-23-18(26)21-16-11-22(19(27)24(16)23)14-5-3-2-4-6-14/h2-10H,11-12H2,1H3,(H,20,25). The fraction of sp³-hybridized carbons (Fsp3) is 0.158. The molecule has 3 aromatic rings. The van der Waals surface area contributed by atoms with Crippen LogP contribution in [0.15, 0.2) is 59.4 Å². The van der Waals surface area contributed by atoms with Crippen molar-refractivity contribution in [3.63, 3.8) is 0 Å². The SMILES string of the molecule is COc1ccc(NC(=O)Cn2c(=O)nc3n2C(=O)N(c2ccccc2)C3)cc1. The maximum Gasteiger partial charge on any atom is 0.365 e. The van der Waals surface area contributed by atoms with Crippen LogP contribution in [0.2, 0.25) is 0 Å². The number of hydrogen-bond donors (Lipinski definition) is 1. The minimum atomic E-state index is -0.638. The van der Waals surface area contributed by atoms with Gasteiger partial charge in [0.2, 0.25) is 5.91 Å². The summed E-state index contributed by atoms with van der Waals surface area (Å²) < 4.78 is 7.27. The summed E-state index contributed by atoms with van der Waals surface area (Å²) >= 11 is 0. The number of aromatic nitrogens is 3. The number of anilines is 2. The van der Waals surface area contributed by atoms with Gasteiger partial charge in [-0.05, 0) is 36.4 Å². The van der Waals surface area contributed by atoms with E-state index in [1.54, 1.807) is 43.5 Å². The first-order valence-corrected chi connectivity index (χ1v) is 8.56. The molecule has 28 heavy (non-hydrogen) atoms. The zero-order chi connectivity index (χ0) is 19.7. The third-order valence-corrected chi connectivity index (χ3v) is 4.38. The fourth-order valence-electron chi connectivity index (χ4n) is 3.04. The van der Waals surface area contributed by atoms with Crippen molar-refractivity contribution in [1.29, 1.82) is 0 Å². The number of nitrogens with zero attached hydrogens (tertiary/aromatic N) is 4. The highest BCUT2D eigenvalue weighted by molar-refractivity contribution is 5.96. The highest BCUT2D eigenvalue weighted by atomic mass is 16.5. The molecule has 0 unspecified atom stereocenters. The van der Waals surface area contributed by atoms with Crippen molar-refractivity contribution in [1.82, 2.24) is 14.3 Å². The van der Waals surface area contributed by atoms with Gasteiger partial charge in [-0.1, -0.05) is 18.2 Å². The van der Waals surface area contributed by atoms with Gasteiger partial charge in [0.25, 0.3) is 0 Å². The van der Waals surface area contributed by atoms with Crippen molar-refractivity contribution >= 4 is 23.3 Å². The largest absolute Gasteiger partial charge is 0.497 e. The molecule has 0 saturated heterocycles. The number of rotatable bonds is 5. The van der Waals surface area contributed by atoms with Crippen LogP contribution in [-0.4, -0.2) is 33.4 Å². The summed E-state index contributed by atoms with van der Waals surface area (Å²) in [6.07, 6.45) is 0. The second kappa shape index (κ2) is 7.03. The zero-order valence-corrected chi connectivity index (χ0v) is 15.0. The first-order valence-electron chi connectivity index (χ1n) is 8.56. The summed E-state index contributed by atoms with van der Waals surface area (Å²) in [6, 6.07) is 15.4. The van der Waals surface area contributed by atoms with Gasteiger partial charge in [0.05, 0.1) is 13.7 Å². The van der Waals surface area contributed by atoms with Gasteiger partial charge in [0, 0.05) is 11.4 Å². The van der Waals surface area contributed by atoms with E-state index in [2.05, 4.69) is 10.3 Å². The summed E-state index contributed by atoms with van der Waals surface area (Å²) in [5, 5.41) is 2.69. The number of hydrogen-bond acceptors (Lipinski definition) is 5. The molecule has 0 spiro atoms. The number of ether oxygens (including phenoxy) is 1. The predicted molar refractivity (Wildman–Crippen MR) is 102 cm³/mol. The molecule has 9 heteroatoms. The first-order chi connectivity index (χ1) is 13.6. The Morgan fingerprint density at radius 1 is 1.11 bits per heavy atom. The molecule has 0 saturated carbocycles. The van der Waals surface area contributed by atoms with Crippen molar-refractivity contribution in [2.24, 2.45) is 0 Å². The molecule has 2 amide bonds. The van der Waals surface area contributed by atoms with Crippen LogP contribution < -0.4 is 20.6 Å². The van der Waals surface area contributed by atoms with Crippen LogP contribution in [0.5, 0.6) is 5.75 Å². The second-order valence-electron chi connectivity index (χ2n) is 6.16. The van der Waals surface area contributed by atoms with Crippen LogP contribution in [0.25, 0.3) is 0 Å². The lowest BCUT2D eigenvalue weighted by atomic mass is 10.3. The monoisotopic (exact) mass is 379 g/mol. The van der Waals surface area contributed by atoms with E-state index < -0.39 is 17.6 Å². The predicted octanol–water partition coefficient (Wildman–Crippen LogP) is 1.68. The maximum absolute atomic E-state index is 12.8. The molecule has 1 N–H and O–H groups in total. The summed E-state index contributed by atoms with van der Waals surface area (Å²) in [7, 11) is 1.55. The van der Waals surface area contributed by atoms with Gasteiger partial charge in [-0.25, -0.2) is 14.3 Å². The van der Waals surface area contributed by atoms with Crippen LogP contribution in [0.4, 0.5) is 16.2 Å². The molecular formula is C19H17N5O4. The van der Waals surface area contributed by atoms with E-state index >= 15 is 0 Å². The minimum absolute atomic E-state index is 0.172. The maximum atomic E-state index is 12.8. The number of methoxy groups -OCH3 is 1. The van der Waals surface area contributed by atoms with Gasteiger partial charge < -0.3 is 10.1 Å². The highest BCUT2D eigenvalue weighted by Gasteiger charge is 2.33. The van der Waals surface area contributed by atoms with Crippen LogP contribution in [0.1, 0.15) is 5.82 Å². The van der Waals surface area contributed by atoms with E-state index in [4.69, 9.17) is 4.74 Å². The Kier molecular flexibility index (Phi) is 4.40. The number of para-hydroxylation sites is 1. The molecule has 1 aliphatic heterocycles. The van der Waals surface area contributed by atoms with Crippen molar-refractivity contribution in [3.05, 3.63) is 70.9 Å². The summed E-state index contributed by atoms with van der Waals surface area (Å²) in [4.78, 5) is 42.8. The van der Waals surface area contributed by atoms with Crippen molar-refractivity contribution in [2.75, 3.05) is 17.3 Å². The van der Waals surface area contributed by atoms with Gasteiger partial charge >= 0.3 is 11.7 Å². The molecule has 142 valence electrons. The van der Waals surface area contributed by atoms with Gasteiger partial charge in [-0.3, -0.25) is 9.69 Å². The van der Waals surface area contributed by atoms with E-state index in [9.17, 15) is 14.4 Å². The van der Waals surface area contributed by atoms with E-state index in [1.807, 2.05) is 18.2 Å². The molecule has 4 rings (SSSR count). The topological polar surface area (TPSA) is 98.5 Å². The molecule has 0 aliphatic carbocycles. The molecule has 2 aromatic carbocycles. The Balaban J connectivity index is 1.53. The smallest absolute Gasteiger partial charge is 0.365 e. The van der Waals surface area contributed by atoms with Crippen LogP contribution in [-0.2, 0) is 17.9 Å². The number of amides is 2. The van der Waals surface area contributed by atoms with Crippen molar-refractivity contribution in [3.8, 4) is 5.75 Å². The van der Waals surface area contributed by atoms with Gasteiger partial charge in [0.1, 0.15) is 12.3 Å². The molecule has 1 aromatic heterocycles. The Hall–Kier alpha value is -3.88. The molecule has 0 radical (unpaired) electrons. The van der Waals surface area contributed by atoms with Crippen LogP contribution in [0, 0.1) is 0 Å².